The van der Waals surface area contributed by atoms with E-state index in [1.165, 1.54) is 0 Å². The van der Waals surface area contributed by atoms with E-state index in [2.05, 4.69) is 9.62 Å². The number of nitrogens with one attached hydrogen (secondary N) is 1. The highest BCUT2D eigenvalue weighted by Gasteiger charge is 2.31. The summed E-state index contributed by atoms with van der Waals surface area (Å²) in [6, 6.07) is 0. The molecule has 23 heavy (non-hydrogen) atoms. The maximum Gasteiger partial charge on any atom is 0.237 e. The molecule has 134 valence electrons. The number of morpholine rings is 1. The SMILES string of the molecule is CS(=O)(=O)NCC(=O)N1C[C@@H](CN2CCOCC2)C[C@H](CO)C1. The van der Waals surface area contributed by atoms with Crippen molar-refractivity contribution in [1.82, 2.24) is 14.5 Å². The number of piperidine rings is 1. The third kappa shape index (κ3) is 6.34. The quantitative estimate of drug-likeness (QED) is 0.595. The summed E-state index contributed by atoms with van der Waals surface area (Å²) in [4.78, 5) is 16.2. The molecule has 0 bridgehead atoms. The first-order valence-electron chi connectivity index (χ1n) is 8.00. The molecule has 2 aliphatic rings. The molecule has 0 unspecified atom stereocenters. The van der Waals surface area contributed by atoms with Crippen molar-refractivity contribution in [1.29, 1.82) is 0 Å². The maximum absolute atomic E-state index is 12.2. The molecule has 2 heterocycles. The lowest BCUT2D eigenvalue weighted by atomic mass is 9.89. The fourth-order valence-corrected chi connectivity index (χ4v) is 3.63. The molecule has 0 radical (unpaired) electrons. The molecule has 0 spiro atoms. The van der Waals surface area contributed by atoms with E-state index in [9.17, 15) is 18.3 Å². The van der Waals surface area contributed by atoms with Crippen LogP contribution in [0.5, 0.6) is 0 Å². The first-order valence-corrected chi connectivity index (χ1v) is 9.90. The van der Waals surface area contributed by atoms with Gasteiger partial charge in [0.2, 0.25) is 15.9 Å². The Balaban J connectivity index is 1.90. The van der Waals surface area contributed by atoms with Gasteiger partial charge in [0.15, 0.2) is 0 Å². The van der Waals surface area contributed by atoms with E-state index in [1.54, 1.807) is 4.90 Å². The lowest BCUT2D eigenvalue weighted by Crippen LogP contribution is -2.51. The number of carbonyl (C=O) groups is 1. The molecule has 2 N–H and O–H groups in total. The van der Waals surface area contributed by atoms with Gasteiger partial charge in [0.05, 0.1) is 26.0 Å². The molecule has 0 aromatic heterocycles. The number of carbonyl (C=O) groups excluding carboxylic acids is 1. The normalized spacial score (nSPS) is 27.1. The molecule has 0 aromatic carbocycles. The van der Waals surface area contributed by atoms with Gasteiger partial charge >= 0.3 is 0 Å². The lowest BCUT2D eigenvalue weighted by molar-refractivity contribution is -0.133. The molecule has 0 aromatic rings. The molecule has 1 amide bonds. The number of likely N-dealkylation sites (tertiary alicyclic amines) is 1. The van der Waals surface area contributed by atoms with Crippen molar-refractivity contribution < 1.29 is 23.1 Å². The van der Waals surface area contributed by atoms with Crippen molar-refractivity contribution in [2.75, 3.05) is 65.3 Å². The largest absolute Gasteiger partial charge is 0.396 e. The monoisotopic (exact) mass is 349 g/mol. The lowest BCUT2D eigenvalue weighted by Gasteiger charge is -2.40. The molecule has 0 aliphatic carbocycles. The predicted octanol–water partition coefficient (Wildman–Crippen LogP) is -1.68. The average molecular weight is 349 g/mol. The zero-order chi connectivity index (χ0) is 16.9. The van der Waals surface area contributed by atoms with Crippen molar-refractivity contribution in [2.45, 2.75) is 6.42 Å². The highest BCUT2D eigenvalue weighted by atomic mass is 32.2. The van der Waals surface area contributed by atoms with Crippen molar-refractivity contribution in [3.63, 3.8) is 0 Å². The van der Waals surface area contributed by atoms with Gasteiger partial charge in [-0.25, -0.2) is 13.1 Å². The van der Waals surface area contributed by atoms with Crippen LogP contribution < -0.4 is 4.72 Å². The predicted molar refractivity (Wildman–Crippen MR) is 85.4 cm³/mol. The van der Waals surface area contributed by atoms with Gasteiger partial charge in [0.1, 0.15) is 0 Å². The topological polar surface area (TPSA) is 99.2 Å². The van der Waals surface area contributed by atoms with Crippen LogP contribution >= 0.6 is 0 Å². The Hall–Kier alpha value is -0.740. The second-order valence-electron chi connectivity index (χ2n) is 6.46. The minimum Gasteiger partial charge on any atom is -0.396 e. The number of hydrogen-bond acceptors (Lipinski definition) is 6. The van der Waals surface area contributed by atoms with Crippen molar-refractivity contribution >= 4 is 15.9 Å². The number of nitrogens with zero attached hydrogens (tertiary/aromatic N) is 2. The van der Waals surface area contributed by atoms with E-state index in [0.29, 0.717) is 19.0 Å². The van der Waals surface area contributed by atoms with Crippen LogP contribution in [0.25, 0.3) is 0 Å². The van der Waals surface area contributed by atoms with E-state index in [1.807, 2.05) is 0 Å². The zero-order valence-electron chi connectivity index (χ0n) is 13.6. The molecule has 2 aliphatic heterocycles. The van der Waals surface area contributed by atoms with Crippen LogP contribution in [0, 0.1) is 11.8 Å². The van der Waals surface area contributed by atoms with Gasteiger partial charge in [0.25, 0.3) is 0 Å². The van der Waals surface area contributed by atoms with Crippen LogP contribution in [0.4, 0.5) is 0 Å². The van der Waals surface area contributed by atoms with E-state index in [-0.39, 0.29) is 25.0 Å². The fourth-order valence-electron chi connectivity index (χ4n) is 3.24. The van der Waals surface area contributed by atoms with Gasteiger partial charge in [0, 0.05) is 39.3 Å². The van der Waals surface area contributed by atoms with Crippen LogP contribution in [-0.4, -0.2) is 94.6 Å². The van der Waals surface area contributed by atoms with Gasteiger partial charge in [-0.3, -0.25) is 9.69 Å². The van der Waals surface area contributed by atoms with Crippen LogP contribution in [-0.2, 0) is 19.6 Å². The van der Waals surface area contributed by atoms with Crippen molar-refractivity contribution in [3.05, 3.63) is 0 Å². The molecule has 8 nitrogen and oxygen atoms in total. The van der Waals surface area contributed by atoms with Crippen LogP contribution in [0.1, 0.15) is 6.42 Å². The second kappa shape index (κ2) is 8.39. The molecule has 2 atom stereocenters. The van der Waals surface area contributed by atoms with E-state index >= 15 is 0 Å². The highest BCUT2D eigenvalue weighted by Crippen LogP contribution is 2.23. The molecule has 0 saturated carbocycles. The van der Waals surface area contributed by atoms with Gasteiger partial charge in [-0.1, -0.05) is 0 Å². The third-order valence-electron chi connectivity index (χ3n) is 4.34. The number of hydrogen-bond donors (Lipinski definition) is 2. The van der Waals surface area contributed by atoms with E-state index in [4.69, 9.17) is 4.74 Å². The maximum atomic E-state index is 12.2. The minimum atomic E-state index is -3.38. The van der Waals surface area contributed by atoms with Gasteiger partial charge in [-0.2, -0.15) is 0 Å². The molecular weight excluding hydrogens is 322 g/mol. The van der Waals surface area contributed by atoms with Crippen molar-refractivity contribution in [2.24, 2.45) is 11.8 Å². The number of sulfonamides is 1. The molecular formula is C14H27N3O5S. The molecule has 2 saturated heterocycles. The average Bonchev–Trinajstić information content (AvgIpc) is 2.52. The molecule has 9 heteroatoms. The Kier molecular flexibility index (Phi) is 6.78. The summed E-state index contributed by atoms with van der Waals surface area (Å²) in [5.41, 5.74) is 0. The Labute approximate surface area is 137 Å². The number of aliphatic hydroxyl groups is 1. The summed E-state index contributed by atoms with van der Waals surface area (Å²) in [5, 5.41) is 9.49. The van der Waals surface area contributed by atoms with E-state index < -0.39 is 10.0 Å². The van der Waals surface area contributed by atoms with Crippen LogP contribution in [0.3, 0.4) is 0 Å². The summed E-state index contributed by atoms with van der Waals surface area (Å²) in [7, 11) is -3.38. The summed E-state index contributed by atoms with van der Waals surface area (Å²) >= 11 is 0. The number of amides is 1. The first-order chi connectivity index (χ1) is 10.9. The van der Waals surface area contributed by atoms with Crippen molar-refractivity contribution in [3.8, 4) is 0 Å². The smallest absolute Gasteiger partial charge is 0.237 e. The Morgan fingerprint density at radius 2 is 1.91 bits per heavy atom. The minimum absolute atomic E-state index is 0.0445. The third-order valence-corrected chi connectivity index (χ3v) is 5.01. The van der Waals surface area contributed by atoms with Gasteiger partial charge < -0.3 is 14.7 Å². The zero-order valence-corrected chi connectivity index (χ0v) is 14.4. The second-order valence-corrected chi connectivity index (χ2v) is 8.29. The van der Waals surface area contributed by atoms with Gasteiger partial charge in [-0.15, -0.1) is 0 Å². The Morgan fingerprint density at radius 3 is 2.52 bits per heavy atom. The Bertz CT molecular complexity index is 493. The van der Waals surface area contributed by atoms with Gasteiger partial charge in [-0.05, 0) is 18.3 Å². The summed E-state index contributed by atoms with van der Waals surface area (Å²) < 4.78 is 29.8. The summed E-state index contributed by atoms with van der Waals surface area (Å²) in [5.74, 6) is 0.110. The highest BCUT2D eigenvalue weighted by molar-refractivity contribution is 7.88. The number of aliphatic hydroxyl groups excluding tert-OH is 1. The molecule has 2 rings (SSSR count). The van der Waals surface area contributed by atoms with E-state index in [0.717, 1.165) is 45.5 Å². The fraction of sp³-hybridized carbons (Fsp3) is 0.929. The summed E-state index contributed by atoms with van der Waals surface area (Å²) in [6.07, 6.45) is 1.92. The number of ether oxygens (including phenoxy) is 1. The van der Waals surface area contributed by atoms with Crippen LogP contribution in [0.15, 0.2) is 0 Å². The first kappa shape index (κ1) is 18.6. The van der Waals surface area contributed by atoms with Crippen LogP contribution in [0.2, 0.25) is 0 Å². The number of rotatable bonds is 6. The standard InChI is InChI=1S/C14H27N3O5S/c1-23(20,21)15-7-14(19)17-9-12(6-13(10-17)11-18)8-16-2-4-22-5-3-16/h12-13,15,18H,2-11H2,1H3/t12-,13+/m1/s1. The Morgan fingerprint density at radius 1 is 1.26 bits per heavy atom. The molecule has 2 fully saturated rings. The summed E-state index contributed by atoms with van der Waals surface area (Å²) in [6.45, 7) is 5.05.